The lowest BCUT2D eigenvalue weighted by Gasteiger charge is -2.38. The zero-order chi connectivity index (χ0) is 21.3. The Balaban J connectivity index is 2.24. The molecule has 6 nitrogen and oxygen atoms in total. The molecule has 6 heteroatoms. The van der Waals surface area contributed by atoms with Gasteiger partial charge in [0.25, 0.3) is 0 Å². The molecule has 0 radical (unpaired) electrons. The zero-order valence-electron chi connectivity index (χ0n) is 17.2. The van der Waals surface area contributed by atoms with Crippen LogP contribution in [0.2, 0.25) is 0 Å². The maximum absolute atomic E-state index is 12.3. The zero-order valence-corrected chi connectivity index (χ0v) is 17.2. The smallest absolute Gasteiger partial charge is 0.335 e. The van der Waals surface area contributed by atoms with Gasteiger partial charge in [-0.25, -0.2) is 4.79 Å². The molecule has 28 heavy (non-hydrogen) atoms. The molecule has 0 fully saturated rings. The van der Waals surface area contributed by atoms with Crippen molar-refractivity contribution in [1.82, 2.24) is 0 Å². The number of carboxylic acid groups (broad SMARTS) is 1. The number of carboxylic acids is 1. The number of fused-ring (bicyclic) bond motifs is 1. The second-order valence-electron chi connectivity index (χ2n) is 8.68. The van der Waals surface area contributed by atoms with E-state index in [4.69, 9.17) is 4.74 Å². The summed E-state index contributed by atoms with van der Waals surface area (Å²) >= 11 is 0. The minimum atomic E-state index is -1.05. The quantitative estimate of drug-likeness (QED) is 0.619. The molecular weight excluding hydrogens is 360 g/mol. The summed E-state index contributed by atoms with van der Waals surface area (Å²) in [5.74, 6) is -0.820. The SMILES string of the molecule is CC(CCc1cc(C(=O)O)cc2c1OC(C)(C)C(O)C2)C(=O)/C=C/C(C)(C)O. The predicted octanol–water partition coefficient (Wildman–Crippen LogP) is 2.92. The maximum atomic E-state index is 12.3. The van der Waals surface area contributed by atoms with Crippen LogP contribution in [-0.4, -0.2) is 44.4 Å². The van der Waals surface area contributed by atoms with Crippen molar-refractivity contribution in [1.29, 1.82) is 0 Å². The maximum Gasteiger partial charge on any atom is 0.335 e. The van der Waals surface area contributed by atoms with E-state index in [1.165, 1.54) is 12.2 Å². The average molecular weight is 390 g/mol. The monoisotopic (exact) mass is 390 g/mol. The molecular formula is C22H30O6. The molecule has 0 bridgehead atoms. The van der Waals surface area contributed by atoms with Crippen molar-refractivity contribution in [2.75, 3.05) is 0 Å². The molecule has 0 saturated heterocycles. The van der Waals surface area contributed by atoms with Gasteiger partial charge < -0.3 is 20.1 Å². The highest BCUT2D eigenvalue weighted by molar-refractivity contribution is 5.91. The number of carbonyl (C=O) groups is 2. The number of carbonyl (C=O) groups excluding carboxylic acids is 1. The Morgan fingerprint density at radius 3 is 2.57 bits per heavy atom. The summed E-state index contributed by atoms with van der Waals surface area (Å²) in [6, 6.07) is 3.12. The van der Waals surface area contributed by atoms with Crippen LogP contribution in [-0.2, 0) is 17.6 Å². The van der Waals surface area contributed by atoms with Gasteiger partial charge in [0.1, 0.15) is 11.4 Å². The number of hydrogen-bond donors (Lipinski definition) is 3. The third-order valence-corrected chi connectivity index (χ3v) is 5.06. The lowest BCUT2D eigenvalue weighted by molar-refractivity contribution is -0.118. The third-order valence-electron chi connectivity index (χ3n) is 5.06. The molecule has 1 heterocycles. The molecule has 1 aliphatic heterocycles. The van der Waals surface area contributed by atoms with Gasteiger partial charge in [0.05, 0.1) is 17.3 Å². The van der Waals surface area contributed by atoms with Gasteiger partial charge in [0.15, 0.2) is 5.78 Å². The Labute approximate surface area is 165 Å². The van der Waals surface area contributed by atoms with Crippen molar-refractivity contribution in [3.8, 4) is 5.75 Å². The molecule has 154 valence electrons. The van der Waals surface area contributed by atoms with E-state index in [9.17, 15) is 24.9 Å². The minimum absolute atomic E-state index is 0.0953. The highest BCUT2D eigenvalue weighted by Crippen LogP contribution is 2.38. The topological polar surface area (TPSA) is 104 Å². The first-order chi connectivity index (χ1) is 12.8. The number of aliphatic hydroxyl groups excluding tert-OH is 1. The van der Waals surface area contributed by atoms with E-state index in [0.29, 0.717) is 30.6 Å². The van der Waals surface area contributed by atoms with Crippen molar-refractivity contribution in [2.24, 2.45) is 5.92 Å². The number of ether oxygens (including phenoxy) is 1. The molecule has 2 rings (SSSR count). The Hall–Kier alpha value is -2.18. The van der Waals surface area contributed by atoms with Gasteiger partial charge in [-0.05, 0) is 69.9 Å². The van der Waals surface area contributed by atoms with E-state index in [-0.39, 0.29) is 17.3 Å². The molecule has 1 aromatic rings. The summed E-state index contributed by atoms with van der Waals surface area (Å²) in [6.07, 6.45) is 3.43. The summed E-state index contributed by atoms with van der Waals surface area (Å²) in [7, 11) is 0. The minimum Gasteiger partial charge on any atom is -0.485 e. The third kappa shape index (κ3) is 5.42. The Kier molecular flexibility index (Phi) is 6.36. The van der Waals surface area contributed by atoms with E-state index in [1.807, 2.05) is 0 Å². The fourth-order valence-electron chi connectivity index (χ4n) is 3.10. The van der Waals surface area contributed by atoms with Crippen molar-refractivity contribution >= 4 is 11.8 Å². The largest absolute Gasteiger partial charge is 0.485 e. The molecule has 0 amide bonds. The van der Waals surface area contributed by atoms with Crippen LogP contribution in [0.25, 0.3) is 0 Å². The highest BCUT2D eigenvalue weighted by Gasteiger charge is 2.37. The number of aromatic carboxylic acids is 1. The van der Waals surface area contributed by atoms with Crippen LogP contribution >= 0.6 is 0 Å². The van der Waals surface area contributed by atoms with Crippen LogP contribution in [0, 0.1) is 5.92 Å². The van der Waals surface area contributed by atoms with Crippen molar-refractivity contribution in [3.05, 3.63) is 41.0 Å². The predicted molar refractivity (Wildman–Crippen MR) is 106 cm³/mol. The number of rotatable bonds is 7. The Morgan fingerprint density at radius 1 is 1.36 bits per heavy atom. The highest BCUT2D eigenvalue weighted by atomic mass is 16.5. The molecule has 2 unspecified atom stereocenters. The molecule has 1 aliphatic rings. The molecule has 0 saturated carbocycles. The number of allylic oxidation sites excluding steroid dienone is 1. The lowest BCUT2D eigenvalue weighted by atomic mass is 9.87. The van der Waals surface area contributed by atoms with E-state index in [0.717, 1.165) is 5.56 Å². The lowest BCUT2D eigenvalue weighted by Crippen LogP contribution is -2.46. The Morgan fingerprint density at radius 2 is 2.00 bits per heavy atom. The molecule has 0 aromatic heterocycles. The summed E-state index contributed by atoms with van der Waals surface area (Å²) in [5, 5.41) is 29.4. The first-order valence-corrected chi connectivity index (χ1v) is 9.52. The second-order valence-corrected chi connectivity index (χ2v) is 8.68. The summed E-state index contributed by atoms with van der Waals surface area (Å²) < 4.78 is 6.01. The van der Waals surface area contributed by atoms with Gasteiger partial charge >= 0.3 is 5.97 Å². The van der Waals surface area contributed by atoms with E-state index >= 15 is 0 Å². The number of aliphatic hydroxyl groups is 2. The first kappa shape index (κ1) is 22.1. The van der Waals surface area contributed by atoms with Gasteiger partial charge in [-0.15, -0.1) is 0 Å². The molecule has 1 aromatic carbocycles. The van der Waals surface area contributed by atoms with Gasteiger partial charge in [0.2, 0.25) is 0 Å². The van der Waals surface area contributed by atoms with Crippen molar-refractivity contribution < 1.29 is 29.6 Å². The summed E-state index contributed by atoms with van der Waals surface area (Å²) in [4.78, 5) is 23.7. The molecule has 2 atom stereocenters. The van der Waals surface area contributed by atoms with Crippen LogP contribution < -0.4 is 4.74 Å². The first-order valence-electron chi connectivity index (χ1n) is 9.52. The van der Waals surface area contributed by atoms with Crippen LogP contribution in [0.5, 0.6) is 5.75 Å². The van der Waals surface area contributed by atoms with Crippen LogP contribution in [0.15, 0.2) is 24.3 Å². The van der Waals surface area contributed by atoms with Crippen LogP contribution in [0.1, 0.15) is 62.5 Å². The van der Waals surface area contributed by atoms with Gasteiger partial charge in [-0.3, -0.25) is 4.79 Å². The standard InChI is InChI=1S/C22H30O6/c1-13(17(23)8-9-21(2,3)27)6-7-14-10-16(20(25)26)11-15-12-18(24)22(4,5)28-19(14)15/h8-11,13,18,24,27H,6-7,12H2,1-5H3,(H,25,26)/b9-8+. The average Bonchev–Trinajstić information content (AvgIpc) is 2.57. The van der Waals surface area contributed by atoms with Crippen LogP contribution in [0.3, 0.4) is 0 Å². The van der Waals surface area contributed by atoms with Gasteiger partial charge in [0, 0.05) is 12.3 Å². The van der Waals surface area contributed by atoms with Crippen LogP contribution in [0.4, 0.5) is 0 Å². The van der Waals surface area contributed by atoms with E-state index in [2.05, 4.69) is 0 Å². The van der Waals surface area contributed by atoms with E-state index in [1.54, 1.807) is 46.8 Å². The van der Waals surface area contributed by atoms with E-state index < -0.39 is 23.3 Å². The fourth-order valence-corrected chi connectivity index (χ4v) is 3.10. The second kappa shape index (κ2) is 8.05. The number of aryl methyl sites for hydroxylation is 1. The van der Waals surface area contributed by atoms with Gasteiger partial charge in [-0.1, -0.05) is 13.0 Å². The summed E-state index contributed by atoms with van der Waals surface area (Å²) in [6.45, 7) is 8.59. The van der Waals surface area contributed by atoms with Gasteiger partial charge in [-0.2, -0.15) is 0 Å². The van der Waals surface area contributed by atoms with Crippen molar-refractivity contribution in [3.63, 3.8) is 0 Å². The number of benzene rings is 1. The molecule has 0 aliphatic carbocycles. The Bertz CT molecular complexity index is 785. The molecule has 3 N–H and O–H groups in total. The number of hydrogen-bond acceptors (Lipinski definition) is 5. The summed E-state index contributed by atoms with van der Waals surface area (Å²) in [5.41, 5.74) is -0.290. The molecule has 0 spiro atoms. The fraction of sp³-hybridized carbons (Fsp3) is 0.545. The number of ketones is 1. The van der Waals surface area contributed by atoms with Crippen molar-refractivity contribution in [2.45, 2.75) is 71.2 Å². The normalized spacial score (nSPS) is 19.8.